The lowest BCUT2D eigenvalue weighted by atomic mass is 10.2. The first-order valence-electron chi connectivity index (χ1n) is 3.71. The summed E-state index contributed by atoms with van der Waals surface area (Å²) in [5.41, 5.74) is 1.14. The average molecular weight is 206 g/mol. The van der Waals surface area contributed by atoms with Crippen molar-refractivity contribution in [1.82, 2.24) is 6.15 Å². The van der Waals surface area contributed by atoms with Crippen molar-refractivity contribution in [3.63, 3.8) is 0 Å². The van der Waals surface area contributed by atoms with Crippen molar-refractivity contribution in [3.8, 4) is 6.07 Å². The van der Waals surface area contributed by atoms with Crippen LogP contribution >= 0.6 is 9.90 Å². The van der Waals surface area contributed by atoms with Crippen LogP contribution in [0.2, 0.25) is 0 Å². The van der Waals surface area contributed by atoms with E-state index in [0.717, 1.165) is 5.56 Å². The summed E-state index contributed by atoms with van der Waals surface area (Å²) in [4.78, 5) is 0. The molecular formula is C11H15N2P. The molecule has 1 unspecified atom stereocenters. The molecule has 1 rings (SSSR count). The Morgan fingerprint density at radius 2 is 1.71 bits per heavy atom. The average Bonchev–Trinajstić information content (AvgIpc) is 2.14. The van der Waals surface area contributed by atoms with Gasteiger partial charge in [0.1, 0.15) is 0 Å². The Hall–Kier alpha value is -1.42. The molecule has 0 saturated carbocycles. The molecule has 1 aromatic carbocycles. The summed E-state index contributed by atoms with van der Waals surface area (Å²) in [6.45, 7) is 0. The molecule has 0 aliphatic carbocycles. The van der Waals surface area contributed by atoms with Crippen LogP contribution < -0.4 is 6.15 Å². The van der Waals surface area contributed by atoms with Crippen LogP contribution in [-0.4, -0.2) is 0 Å². The molecule has 3 N–H and O–H groups in total. The third-order valence-electron chi connectivity index (χ3n) is 1.37. The minimum absolute atomic E-state index is 0. The first kappa shape index (κ1) is 15.1. The molecular weight excluding hydrogens is 191 g/mol. The maximum absolute atomic E-state index is 8.19. The minimum Gasteiger partial charge on any atom is -0.344 e. The van der Waals surface area contributed by atoms with E-state index in [4.69, 9.17) is 5.26 Å². The molecule has 2 nitrogen and oxygen atoms in total. The van der Waals surface area contributed by atoms with E-state index in [9.17, 15) is 0 Å². The molecule has 0 radical (unpaired) electrons. The summed E-state index contributed by atoms with van der Waals surface area (Å²) >= 11 is 0. The van der Waals surface area contributed by atoms with Gasteiger partial charge in [-0.05, 0) is 5.56 Å². The monoisotopic (exact) mass is 206 g/mol. The summed E-state index contributed by atoms with van der Waals surface area (Å²) < 4.78 is 0. The Balaban J connectivity index is 0. The van der Waals surface area contributed by atoms with Gasteiger partial charge in [0.2, 0.25) is 0 Å². The molecule has 14 heavy (non-hydrogen) atoms. The lowest BCUT2D eigenvalue weighted by Gasteiger charge is -1.87. The van der Waals surface area contributed by atoms with Crippen LogP contribution in [0.5, 0.6) is 0 Å². The second-order valence-corrected chi connectivity index (χ2v) is 2.26. The smallest absolute Gasteiger partial charge is 0.0912 e. The summed E-state index contributed by atoms with van der Waals surface area (Å²) in [5, 5.41) is 8.19. The van der Waals surface area contributed by atoms with Gasteiger partial charge in [-0.1, -0.05) is 48.6 Å². The predicted molar refractivity (Wildman–Crippen MR) is 66.4 cm³/mol. The minimum atomic E-state index is 0. The lowest BCUT2D eigenvalue weighted by molar-refractivity contribution is 1.53. The largest absolute Gasteiger partial charge is 0.344 e. The number of allylic oxidation sites excluding steroid dienone is 3. The molecule has 0 bridgehead atoms. The van der Waals surface area contributed by atoms with Crippen molar-refractivity contribution in [2.45, 2.75) is 0 Å². The highest BCUT2D eigenvalue weighted by molar-refractivity contribution is 6.92. The summed E-state index contributed by atoms with van der Waals surface area (Å²) in [7, 11) is 0. The van der Waals surface area contributed by atoms with E-state index in [2.05, 4.69) is 0 Å². The second-order valence-electron chi connectivity index (χ2n) is 2.26. The number of rotatable bonds is 2. The maximum atomic E-state index is 8.19. The molecule has 0 aliphatic heterocycles. The van der Waals surface area contributed by atoms with Crippen LogP contribution in [0, 0.1) is 11.3 Å². The normalized spacial score (nSPS) is 9.07. The molecule has 3 heteroatoms. The highest BCUT2D eigenvalue weighted by Crippen LogP contribution is 2.00. The first-order valence-corrected chi connectivity index (χ1v) is 3.71. The Morgan fingerprint density at radius 3 is 2.29 bits per heavy atom. The SMILES string of the molecule is N.N#CC=CC=Cc1ccccc1.P. The van der Waals surface area contributed by atoms with Crippen molar-refractivity contribution in [2.24, 2.45) is 0 Å². The van der Waals surface area contributed by atoms with Gasteiger partial charge in [0, 0.05) is 6.08 Å². The van der Waals surface area contributed by atoms with Gasteiger partial charge in [0.25, 0.3) is 0 Å². The van der Waals surface area contributed by atoms with Gasteiger partial charge in [-0.2, -0.15) is 15.2 Å². The van der Waals surface area contributed by atoms with E-state index in [1.165, 1.54) is 6.08 Å². The van der Waals surface area contributed by atoms with E-state index in [1.54, 1.807) is 6.08 Å². The van der Waals surface area contributed by atoms with Crippen molar-refractivity contribution >= 4 is 16.0 Å². The van der Waals surface area contributed by atoms with Crippen molar-refractivity contribution in [1.29, 1.82) is 5.26 Å². The molecule has 1 atom stereocenters. The van der Waals surface area contributed by atoms with Gasteiger partial charge in [-0.25, -0.2) is 0 Å². The Labute approximate surface area is 88.2 Å². The second kappa shape index (κ2) is 9.67. The third kappa shape index (κ3) is 6.14. The van der Waals surface area contributed by atoms with Gasteiger partial charge < -0.3 is 6.15 Å². The molecule has 1 aromatic rings. The summed E-state index contributed by atoms with van der Waals surface area (Å²) in [6, 6.07) is 11.9. The zero-order chi connectivity index (χ0) is 8.65. The number of nitriles is 1. The van der Waals surface area contributed by atoms with E-state index in [-0.39, 0.29) is 16.0 Å². The standard InChI is InChI=1S/C11H9N.H3N.H3P/c12-10-6-2-5-9-11-7-3-1-4-8-11;;/h1-9H;2*1H3. The molecule has 0 saturated heterocycles. The Kier molecular flexibility index (Phi) is 10.4. The Morgan fingerprint density at radius 1 is 1.07 bits per heavy atom. The number of hydrogen-bond acceptors (Lipinski definition) is 2. The number of hydrogen-bond donors (Lipinski definition) is 1. The fraction of sp³-hybridized carbons (Fsp3) is 0. The van der Waals surface area contributed by atoms with Crippen LogP contribution in [0.15, 0.2) is 48.6 Å². The molecule has 0 fully saturated rings. The fourth-order valence-corrected chi connectivity index (χ4v) is 0.829. The molecule has 0 aromatic heterocycles. The topological polar surface area (TPSA) is 58.8 Å². The fourth-order valence-electron chi connectivity index (χ4n) is 0.829. The molecule has 0 heterocycles. The van der Waals surface area contributed by atoms with E-state index in [1.807, 2.05) is 48.6 Å². The van der Waals surface area contributed by atoms with Crippen LogP contribution in [0.4, 0.5) is 0 Å². The van der Waals surface area contributed by atoms with Crippen molar-refractivity contribution in [2.75, 3.05) is 0 Å². The predicted octanol–water partition coefficient (Wildman–Crippen LogP) is 3.00. The highest BCUT2D eigenvalue weighted by Gasteiger charge is 1.78. The first-order chi connectivity index (χ1) is 5.93. The van der Waals surface area contributed by atoms with E-state index in [0.29, 0.717) is 0 Å². The third-order valence-corrected chi connectivity index (χ3v) is 1.37. The molecule has 74 valence electrons. The molecule has 0 amide bonds. The van der Waals surface area contributed by atoms with Crippen LogP contribution in [0.3, 0.4) is 0 Å². The lowest BCUT2D eigenvalue weighted by Crippen LogP contribution is -1.66. The maximum Gasteiger partial charge on any atom is 0.0912 e. The quantitative estimate of drug-likeness (QED) is 0.459. The summed E-state index contributed by atoms with van der Waals surface area (Å²) in [5.74, 6) is 0. The zero-order valence-corrected chi connectivity index (χ0v) is 9.47. The van der Waals surface area contributed by atoms with Crippen molar-refractivity contribution in [3.05, 3.63) is 54.1 Å². The van der Waals surface area contributed by atoms with Crippen molar-refractivity contribution < 1.29 is 0 Å². The van der Waals surface area contributed by atoms with Crippen LogP contribution in [0.25, 0.3) is 6.08 Å². The zero-order valence-electron chi connectivity index (χ0n) is 8.06. The Bertz CT molecular complexity index is 323. The van der Waals surface area contributed by atoms with E-state index < -0.39 is 0 Å². The number of nitrogens with zero attached hydrogens (tertiary/aromatic N) is 1. The van der Waals surface area contributed by atoms with E-state index >= 15 is 0 Å². The van der Waals surface area contributed by atoms with Gasteiger partial charge in [0.15, 0.2) is 0 Å². The van der Waals surface area contributed by atoms with Gasteiger partial charge in [0.05, 0.1) is 6.07 Å². The van der Waals surface area contributed by atoms with Crippen LogP contribution in [-0.2, 0) is 0 Å². The molecule has 0 spiro atoms. The van der Waals surface area contributed by atoms with Gasteiger partial charge >= 0.3 is 0 Å². The molecule has 0 aliphatic rings. The van der Waals surface area contributed by atoms with Gasteiger partial charge in [-0.15, -0.1) is 0 Å². The van der Waals surface area contributed by atoms with Crippen LogP contribution in [0.1, 0.15) is 5.56 Å². The number of benzene rings is 1. The van der Waals surface area contributed by atoms with Gasteiger partial charge in [-0.3, -0.25) is 0 Å². The highest BCUT2D eigenvalue weighted by atomic mass is 31.0. The summed E-state index contributed by atoms with van der Waals surface area (Å²) in [6.07, 6.45) is 6.96.